The number of phenols is 1. The highest BCUT2D eigenvalue weighted by molar-refractivity contribution is 6.28. The highest BCUT2D eigenvalue weighted by Gasteiger charge is 2.56. The minimum atomic E-state index is -1.41. The van der Waals surface area contributed by atoms with Crippen molar-refractivity contribution in [2.75, 3.05) is 33.1 Å². The van der Waals surface area contributed by atoms with Crippen molar-refractivity contribution >= 4 is 34.9 Å². The largest absolute Gasteiger partial charge is 0.510 e. The lowest BCUT2D eigenvalue weighted by Gasteiger charge is -2.46. The first kappa shape index (κ1) is 24.3. The number of primary amides is 1. The van der Waals surface area contributed by atoms with Gasteiger partial charge in [-0.15, -0.1) is 0 Å². The zero-order valence-corrected chi connectivity index (χ0v) is 19.7. The number of amides is 1. The van der Waals surface area contributed by atoms with Crippen LogP contribution in [-0.4, -0.2) is 83.0 Å². The number of Topliss-reactive ketones (excluding diaryl/α,β-unsaturated/α-hetero) is 2. The van der Waals surface area contributed by atoms with Crippen molar-refractivity contribution in [3.8, 4) is 5.75 Å². The number of ketones is 2. The van der Waals surface area contributed by atoms with Crippen LogP contribution in [-0.2, 0) is 20.8 Å². The second-order valence-electron chi connectivity index (χ2n) is 9.65. The first-order chi connectivity index (χ1) is 16.3. The van der Waals surface area contributed by atoms with Crippen LogP contribution in [0.1, 0.15) is 27.9 Å². The number of aliphatic hydroxyl groups is 2. The van der Waals surface area contributed by atoms with E-state index in [1.165, 1.54) is 6.07 Å². The number of anilines is 1. The topological polar surface area (TPSA) is 182 Å². The van der Waals surface area contributed by atoms with Crippen molar-refractivity contribution in [3.63, 3.8) is 0 Å². The Labute approximate surface area is 200 Å². The average molecular weight is 485 g/mol. The molecule has 35 heavy (non-hydrogen) atoms. The molecule has 0 spiro atoms. The number of nitrogens with zero attached hydrogens (tertiary/aromatic N) is 2. The summed E-state index contributed by atoms with van der Waals surface area (Å²) in [6, 6.07) is 0.480. The Morgan fingerprint density at radius 2 is 1.69 bits per heavy atom. The molecule has 186 valence electrons. The van der Waals surface area contributed by atoms with Crippen LogP contribution in [0.3, 0.4) is 0 Å². The zero-order chi connectivity index (χ0) is 26.1. The van der Waals surface area contributed by atoms with Crippen molar-refractivity contribution in [2.45, 2.75) is 18.9 Å². The second-order valence-corrected chi connectivity index (χ2v) is 9.65. The van der Waals surface area contributed by atoms with Gasteiger partial charge in [0.15, 0.2) is 11.6 Å². The number of nitrogens with two attached hydrogens (primary N) is 1. The lowest BCUT2D eigenvalue weighted by Crippen LogP contribution is -2.55. The van der Waals surface area contributed by atoms with E-state index in [1.807, 2.05) is 0 Å². The molecule has 1 fully saturated rings. The third kappa shape index (κ3) is 3.37. The number of hydrogen-bond acceptors (Lipinski definition) is 9. The number of aliphatic hydroxyl groups excluding tert-OH is 2. The van der Waals surface area contributed by atoms with E-state index < -0.39 is 75.6 Å². The smallest absolute Gasteiger partial charge is 0.339 e. The maximum absolute atomic E-state index is 13.7. The van der Waals surface area contributed by atoms with Gasteiger partial charge in [-0.25, -0.2) is 4.79 Å². The number of carbonyl (C=O) groups excluding carboxylic acids is 3. The summed E-state index contributed by atoms with van der Waals surface area (Å²) in [5.74, 6) is -8.57. The maximum atomic E-state index is 13.7. The fourth-order valence-electron chi connectivity index (χ4n) is 5.88. The molecule has 3 aliphatic rings. The Bertz CT molecular complexity index is 1260. The van der Waals surface area contributed by atoms with E-state index in [0.29, 0.717) is 11.3 Å². The molecule has 0 radical (unpaired) electrons. The molecular formula is C24H27N3O8. The third-order valence-electron chi connectivity index (χ3n) is 7.25. The molecule has 0 aromatic heterocycles. The Morgan fingerprint density at radius 1 is 1.06 bits per heavy atom. The number of carboxylic acid groups (broad SMARTS) is 1. The maximum Gasteiger partial charge on any atom is 0.339 e. The second kappa shape index (κ2) is 8.12. The fourth-order valence-corrected chi connectivity index (χ4v) is 5.88. The average Bonchev–Trinajstić information content (AvgIpc) is 2.72. The summed E-state index contributed by atoms with van der Waals surface area (Å²) in [7, 11) is 6.66. The van der Waals surface area contributed by atoms with Crippen molar-refractivity contribution in [1.82, 2.24) is 4.90 Å². The number of aromatic carboxylic acids is 1. The Balaban J connectivity index is 1.96. The Hall–Kier alpha value is -3.86. The van der Waals surface area contributed by atoms with Gasteiger partial charge in [0.2, 0.25) is 0 Å². The van der Waals surface area contributed by atoms with Gasteiger partial charge < -0.3 is 31.1 Å². The number of likely N-dealkylation sites (N-methyl/N-ethyl adjacent to an activating group) is 1. The molecule has 1 aromatic carbocycles. The first-order valence-corrected chi connectivity index (χ1v) is 11.0. The molecule has 4 atom stereocenters. The summed E-state index contributed by atoms with van der Waals surface area (Å²) < 4.78 is 0. The van der Waals surface area contributed by atoms with Gasteiger partial charge in [0, 0.05) is 25.4 Å². The number of carboxylic acids is 1. The summed E-state index contributed by atoms with van der Waals surface area (Å²) >= 11 is 0. The van der Waals surface area contributed by atoms with Gasteiger partial charge in [-0.1, -0.05) is 0 Å². The zero-order valence-electron chi connectivity index (χ0n) is 19.7. The molecule has 11 nitrogen and oxygen atoms in total. The van der Waals surface area contributed by atoms with Crippen LogP contribution in [0.15, 0.2) is 23.0 Å². The van der Waals surface area contributed by atoms with E-state index in [9.17, 15) is 39.6 Å². The Kier molecular flexibility index (Phi) is 5.63. The quantitative estimate of drug-likeness (QED) is 0.299. The van der Waals surface area contributed by atoms with E-state index in [-0.39, 0.29) is 24.0 Å². The molecule has 1 aromatic rings. The van der Waals surface area contributed by atoms with Crippen molar-refractivity contribution < 1.29 is 39.6 Å². The van der Waals surface area contributed by atoms with E-state index in [1.54, 1.807) is 38.0 Å². The molecule has 0 saturated heterocycles. The third-order valence-corrected chi connectivity index (χ3v) is 7.25. The SMILES string of the molecule is CN(C)c1cc(C(=O)O)c(O)c2c1CC1CC3C(C(=O)C(C(N)=O)=C(O)C3N(C)C)C(=O)C1=C2O. The van der Waals surface area contributed by atoms with Gasteiger partial charge in [-0.2, -0.15) is 0 Å². The molecule has 0 aliphatic heterocycles. The molecule has 6 N–H and O–H groups in total. The number of hydrogen-bond donors (Lipinski definition) is 5. The first-order valence-electron chi connectivity index (χ1n) is 11.0. The van der Waals surface area contributed by atoms with Crippen LogP contribution in [0.2, 0.25) is 0 Å². The monoisotopic (exact) mass is 485 g/mol. The number of aromatic hydroxyl groups is 1. The molecule has 11 heteroatoms. The lowest BCUT2D eigenvalue weighted by atomic mass is 9.59. The summed E-state index contributed by atoms with van der Waals surface area (Å²) in [5.41, 5.74) is 4.93. The van der Waals surface area contributed by atoms with Gasteiger partial charge >= 0.3 is 5.97 Å². The fraction of sp³-hybridized carbons (Fsp3) is 0.417. The van der Waals surface area contributed by atoms with Gasteiger partial charge in [0.1, 0.15) is 28.4 Å². The van der Waals surface area contributed by atoms with Crippen molar-refractivity contribution in [2.24, 2.45) is 23.5 Å². The molecule has 1 saturated carbocycles. The highest BCUT2D eigenvalue weighted by atomic mass is 16.4. The molecule has 0 bridgehead atoms. The predicted octanol–water partition coefficient (Wildman–Crippen LogP) is 0.613. The van der Waals surface area contributed by atoms with E-state index in [2.05, 4.69) is 0 Å². The van der Waals surface area contributed by atoms with Crippen LogP contribution < -0.4 is 10.6 Å². The number of benzene rings is 1. The van der Waals surface area contributed by atoms with Crippen LogP contribution in [0, 0.1) is 17.8 Å². The lowest BCUT2D eigenvalue weighted by molar-refractivity contribution is -0.136. The molecule has 1 amide bonds. The van der Waals surface area contributed by atoms with Crippen LogP contribution in [0.5, 0.6) is 5.75 Å². The van der Waals surface area contributed by atoms with E-state index >= 15 is 0 Å². The molecule has 4 unspecified atom stereocenters. The van der Waals surface area contributed by atoms with Crippen LogP contribution >= 0.6 is 0 Å². The molecule has 3 aliphatic carbocycles. The number of allylic oxidation sites excluding steroid dienone is 1. The normalized spacial score (nSPS) is 25.9. The number of carbonyl (C=O) groups is 4. The van der Waals surface area contributed by atoms with Crippen LogP contribution in [0.4, 0.5) is 5.69 Å². The summed E-state index contributed by atoms with van der Waals surface area (Å²) in [5, 5.41) is 42.2. The summed E-state index contributed by atoms with van der Waals surface area (Å²) in [6.07, 6.45) is 0.403. The standard InChI is InChI=1S/C24H27N3O8/c1-26(2)12-7-11(24(34)35)18(28)14-9(12)5-8-6-10-15(20(30)13(8)19(14)29)21(31)16(23(25)33)22(32)17(10)27(3)4/h7-8,10,15,17,28-29,32H,5-6H2,1-4H3,(H2,25,33)(H,34,35). The predicted molar refractivity (Wildman–Crippen MR) is 124 cm³/mol. The van der Waals surface area contributed by atoms with Gasteiger partial charge in [-0.3, -0.25) is 19.3 Å². The molecule has 0 heterocycles. The van der Waals surface area contributed by atoms with Crippen molar-refractivity contribution in [3.05, 3.63) is 39.7 Å². The molecule has 4 rings (SSSR count). The van der Waals surface area contributed by atoms with E-state index in [0.717, 1.165) is 0 Å². The minimum Gasteiger partial charge on any atom is -0.510 e. The number of rotatable bonds is 4. The van der Waals surface area contributed by atoms with Crippen molar-refractivity contribution in [1.29, 1.82) is 0 Å². The minimum absolute atomic E-state index is 0.0997. The van der Waals surface area contributed by atoms with Gasteiger partial charge in [0.05, 0.1) is 17.5 Å². The molecular weight excluding hydrogens is 458 g/mol. The van der Waals surface area contributed by atoms with E-state index in [4.69, 9.17) is 5.73 Å². The summed E-state index contributed by atoms with van der Waals surface area (Å²) in [6.45, 7) is 0. The van der Waals surface area contributed by atoms with Gasteiger partial charge in [0.25, 0.3) is 5.91 Å². The Morgan fingerprint density at radius 3 is 2.20 bits per heavy atom. The van der Waals surface area contributed by atoms with Crippen LogP contribution in [0.25, 0.3) is 5.76 Å². The highest BCUT2D eigenvalue weighted by Crippen LogP contribution is 2.52. The number of fused-ring (bicyclic) bond motifs is 3. The van der Waals surface area contributed by atoms with Gasteiger partial charge in [-0.05, 0) is 50.4 Å². The summed E-state index contributed by atoms with van der Waals surface area (Å²) in [4.78, 5) is 53.8.